The lowest BCUT2D eigenvalue weighted by atomic mass is 10.1. The quantitative estimate of drug-likeness (QED) is 0.703. The molecule has 19 heavy (non-hydrogen) atoms. The van der Waals surface area contributed by atoms with E-state index in [0.717, 1.165) is 0 Å². The van der Waals surface area contributed by atoms with E-state index in [1.54, 1.807) is 13.1 Å². The highest BCUT2D eigenvalue weighted by Crippen LogP contribution is 2.12. The van der Waals surface area contributed by atoms with E-state index in [0.29, 0.717) is 25.2 Å². The molecule has 1 unspecified atom stereocenters. The minimum absolute atomic E-state index is 0.0458. The van der Waals surface area contributed by atoms with E-state index < -0.39 is 10.0 Å². The molecule has 0 bridgehead atoms. The molecular weight excluding hydrogens is 268 g/mol. The summed E-state index contributed by atoms with van der Waals surface area (Å²) in [6.45, 7) is 0.320. The number of nitrogens with one attached hydrogen (secondary N) is 3. The number of rotatable bonds is 4. The van der Waals surface area contributed by atoms with Crippen LogP contribution >= 0.6 is 0 Å². The second-order valence-electron chi connectivity index (χ2n) is 4.29. The largest absolute Gasteiger partial charge is 0.373 e. The van der Waals surface area contributed by atoms with E-state index >= 15 is 0 Å². The van der Waals surface area contributed by atoms with E-state index in [2.05, 4.69) is 20.3 Å². The molecule has 0 aromatic carbocycles. The fourth-order valence-electron chi connectivity index (χ4n) is 1.81. The second-order valence-corrected chi connectivity index (χ2v) is 6.00. The molecule has 1 aliphatic heterocycles. The van der Waals surface area contributed by atoms with Crippen LogP contribution in [0.4, 0.5) is 5.82 Å². The summed E-state index contributed by atoms with van der Waals surface area (Å²) in [7, 11) is -1.89. The van der Waals surface area contributed by atoms with Crippen LogP contribution in [-0.2, 0) is 14.8 Å². The predicted molar refractivity (Wildman–Crippen MR) is 70.1 cm³/mol. The number of carbonyl (C=O) groups is 1. The molecule has 1 atom stereocenters. The molecule has 2 heterocycles. The molecule has 1 aromatic rings. The van der Waals surface area contributed by atoms with Gasteiger partial charge in [-0.1, -0.05) is 0 Å². The second kappa shape index (κ2) is 5.54. The number of carbonyl (C=O) groups excluding carboxylic acids is 1. The molecule has 0 radical (unpaired) electrons. The molecule has 0 aliphatic carbocycles. The Morgan fingerprint density at radius 2 is 2.21 bits per heavy atom. The van der Waals surface area contributed by atoms with Gasteiger partial charge in [-0.15, -0.1) is 0 Å². The highest BCUT2D eigenvalue weighted by Gasteiger charge is 2.24. The number of anilines is 1. The first kappa shape index (κ1) is 13.8. The van der Waals surface area contributed by atoms with Crippen LogP contribution in [0.15, 0.2) is 23.2 Å². The Kier molecular flexibility index (Phi) is 4.01. The SMILES string of the molecule is CNc1ccc(S(=O)(=O)NC2CCC(=O)NC2)cn1. The first-order valence-corrected chi connectivity index (χ1v) is 7.42. The maximum atomic E-state index is 12.1. The molecule has 8 heteroatoms. The van der Waals surface area contributed by atoms with Crippen LogP contribution in [0.3, 0.4) is 0 Å². The summed E-state index contributed by atoms with van der Waals surface area (Å²) >= 11 is 0. The Hall–Kier alpha value is -1.67. The van der Waals surface area contributed by atoms with Crippen LogP contribution in [0.2, 0.25) is 0 Å². The summed E-state index contributed by atoms with van der Waals surface area (Å²) in [5.41, 5.74) is 0. The van der Waals surface area contributed by atoms with Gasteiger partial charge in [0.15, 0.2) is 0 Å². The van der Waals surface area contributed by atoms with E-state index in [-0.39, 0.29) is 16.8 Å². The Morgan fingerprint density at radius 1 is 1.42 bits per heavy atom. The third kappa shape index (κ3) is 3.42. The van der Waals surface area contributed by atoms with Crippen molar-refractivity contribution in [3.8, 4) is 0 Å². The predicted octanol–water partition coefficient (Wildman–Crippen LogP) is -0.320. The van der Waals surface area contributed by atoms with Crippen molar-refractivity contribution < 1.29 is 13.2 Å². The van der Waals surface area contributed by atoms with E-state index in [9.17, 15) is 13.2 Å². The summed E-state index contributed by atoms with van der Waals surface area (Å²) < 4.78 is 26.8. The first-order valence-electron chi connectivity index (χ1n) is 5.94. The number of piperidine rings is 1. The van der Waals surface area contributed by atoms with E-state index in [4.69, 9.17) is 0 Å². The maximum Gasteiger partial charge on any atom is 0.242 e. The topological polar surface area (TPSA) is 100 Å². The molecule has 1 aliphatic rings. The van der Waals surface area contributed by atoms with Crippen LogP contribution in [0.5, 0.6) is 0 Å². The minimum Gasteiger partial charge on any atom is -0.373 e. The van der Waals surface area contributed by atoms with Crippen LogP contribution in [0.1, 0.15) is 12.8 Å². The number of hydrogen-bond acceptors (Lipinski definition) is 5. The van der Waals surface area contributed by atoms with Crippen LogP contribution < -0.4 is 15.4 Å². The Bertz CT molecular complexity index is 546. The Labute approximate surface area is 111 Å². The molecule has 7 nitrogen and oxygen atoms in total. The van der Waals surface area contributed by atoms with Crippen molar-refractivity contribution in [2.45, 2.75) is 23.8 Å². The lowest BCUT2D eigenvalue weighted by Gasteiger charge is -2.23. The van der Waals surface area contributed by atoms with Gasteiger partial charge in [-0.05, 0) is 18.6 Å². The molecule has 0 saturated carbocycles. The number of hydrogen-bond donors (Lipinski definition) is 3. The third-order valence-electron chi connectivity index (χ3n) is 2.89. The number of nitrogens with zero attached hydrogens (tertiary/aromatic N) is 1. The van der Waals surface area contributed by atoms with Crippen LogP contribution in [0.25, 0.3) is 0 Å². The maximum absolute atomic E-state index is 12.1. The van der Waals surface area contributed by atoms with E-state index in [1.165, 1.54) is 12.3 Å². The van der Waals surface area contributed by atoms with Gasteiger partial charge in [0.25, 0.3) is 0 Å². The van der Waals surface area contributed by atoms with Gasteiger partial charge in [-0.3, -0.25) is 4.79 Å². The highest BCUT2D eigenvalue weighted by molar-refractivity contribution is 7.89. The summed E-state index contributed by atoms with van der Waals surface area (Å²) in [4.78, 5) is 15.1. The molecule has 1 amide bonds. The smallest absolute Gasteiger partial charge is 0.242 e. The Balaban J connectivity index is 2.06. The number of pyridine rings is 1. The molecule has 3 N–H and O–H groups in total. The van der Waals surface area contributed by atoms with E-state index in [1.807, 2.05) is 0 Å². The first-order chi connectivity index (χ1) is 9.01. The molecule has 1 saturated heterocycles. The van der Waals surface area contributed by atoms with Gasteiger partial charge in [-0.25, -0.2) is 18.1 Å². The summed E-state index contributed by atoms with van der Waals surface area (Å²) in [5, 5.41) is 5.45. The normalized spacial score (nSPS) is 19.8. The standard InChI is InChI=1S/C11H16N4O3S/c1-12-10-4-3-9(7-13-10)19(17,18)15-8-2-5-11(16)14-6-8/h3-4,7-8,15H,2,5-6H2,1H3,(H,12,13)(H,14,16). The third-order valence-corrected chi connectivity index (χ3v) is 4.40. The van der Waals surface area contributed by atoms with Gasteiger partial charge in [0.1, 0.15) is 10.7 Å². The van der Waals surface area contributed by atoms with Gasteiger partial charge in [0, 0.05) is 32.3 Å². The van der Waals surface area contributed by atoms with Crippen molar-refractivity contribution in [1.82, 2.24) is 15.0 Å². The lowest BCUT2D eigenvalue weighted by Crippen LogP contribution is -2.47. The molecule has 104 valence electrons. The van der Waals surface area contributed by atoms with Gasteiger partial charge in [0.05, 0.1) is 0 Å². The average Bonchev–Trinajstić information content (AvgIpc) is 2.41. The summed E-state index contributed by atoms with van der Waals surface area (Å²) in [5.74, 6) is 0.555. The summed E-state index contributed by atoms with van der Waals surface area (Å²) in [6, 6.07) is 2.81. The molecule has 0 spiro atoms. The zero-order chi connectivity index (χ0) is 13.9. The number of sulfonamides is 1. The average molecular weight is 284 g/mol. The summed E-state index contributed by atoms with van der Waals surface area (Å²) in [6.07, 6.45) is 2.15. The lowest BCUT2D eigenvalue weighted by molar-refractivity contribution is -0.122. The fourth-order valence-corrected chi connectivity index (χ4v) is 3.02. The van der Waals surface area contributed by atoms with Crippen LogP contribution in [0, 0.1) is 0 Å². The molecular formula is C11H16N4O3S. The molecule has 1 fully saturated rings. The number of amides is 1. The van der Waals surface area contributed by atoms with Gasteiger partial charge >= 0.3 is 0 Å². The highest BCUT2D eigenvalue weighted by atomic mass is 32.2. The van der Waals surface area contributed by atoms with Gasteiger partial charge in [-0.2, -0.15) is 0 Å². The van der Waals surface area contributed by atoms with Crippen LogP contribution in [-0.4, -0.2) is 38.9 Å². The van der Waals surface area contributed by atoms with Crippen molar-refractivity contribution >= 4 is 21.7 Å². The van der Waals surface area contributed by atoms with Crippen molar-refractivity contribution in [2.24, 2.45) is 0 Å². The number of aromatic nitrogens is 1. The van der Waals surface area contributed by atoms with Crippen molar-refractivity contribution in [3.05, 3.63) is 18.3 Å². The van der Waals surface area contributed by atoms with Crippen molar-refractivity contribution in [2.75, 3.05) is 18.9 Å². The zero-order valence-corrected chi connectivity index (χ0v) is 11.3. The molecule has 1 aromatic heterocycles. The minimum atomic E-state index is -3.59. The van der Waals surface area contributed by atoms with Crippen molar-refractivity contribution in [1.29, 1.82) is 0 Å². The fraction of sp³-hybridized carbons (Fsp3) is 0.455. The monoisotopic (exact) mass is 284 g/mol. The molecule has 2 rings (SSSR count). The van der Waals surface area contributed by atoms with Gasteiger partial charge < -0.3 is 10.6 Å². The zero-order valence-electron chi connectivity index (χ0n) is 10.5. The van der Waals surface area contributed by atoms with Gasteiger partial charge in [0.2, 0.25) is 15.9 Å². The Morgan fingerprint density at radius 3 is 2.74 bits per heavy atom. The van der Waals surface area contributed by atoms with Crippen molar-refractivity contribution in [3.63, 3.8) is 0 Å².